The second kappa shape index (κ2) is 6.90. The predicted molar refractivity (Wildman–Crippen MR) is 102 cm³/mol. The summed E-state index contributed by atoms with van der Waals surface area (Å²) in [4.78, 5) is 12.0. The van der Waals surface area contributed by atoms with Gasteiger partial charge in [0.25, 0.3) is 0 Å². The highest BCUT2D eigenvalue weighted by Gasteiger charge is 2.08. The van der Waals surface area contributed by atoms with Gasteiger partial charge in [-0.1, -0.05) is 36.4 Å². The number of hydrogen-bond acceptors (Lipinski definition) is 6. The van der Waals surface area contributed by atoms with Crippen molar-refractivity contribution >= 4 is 44.9 Å². The average Bonchev–Trinajstić information content (AvgIpc) is 3.25. The van der Waals surface area contributed by atoms with Gasteiger partial charge in [0.1, 0.15) is 11.2 Å². The molecule has 0 aliphatic carbocycles. The summed E-state index contributed by atoms with van der Waals surface area (Å²) in [5, 5.41) is 7.31. The number of fused-ring (bicyclic) bond motifs is 1. The first-order chi connectivity index (χ1) is 11.9. The summed E-state index contributed by atoms with van der Waals surface area (Å²) in [6.07, 6.45) is 4.28. The molecule has 0 bridgehead atoms. The molecule has 0 saturated carbocycles. The number of hydrazone groups is 1. The Morgan fingerprint density at radius 3 is 2.83 bits per heavy atom. The van der Waals surface area contributed by atoms with E-state index in [0.717, 1.165) is 27.3 Å². The van der Waals surface area contributed by atoms with E-state index in [0.29, 0.717) is 0 Å². The zero-order chi connectivity index (χ0) is 16.2. The Kier molecular flexibility index (Phi) is 4.31. The number of nitrogens with one attached hydrogen (secondary N) is 1. The zero-order valence-electron chi connectivity index (χ0n) is 12.7. The molecule has 3 aromatic heterocycles. The summed E-state index contributed by atoms with van der Waals surface area (Å²) >= 11 is 3.34. The normalized spacial score (nSPS) is 11.3. The van der Waals surface area contributed by atoms with Crippen LogP contribution in [0.25, 0.3) is 10.2 Å². The molecule has 6 heteroatoms. The van der Waals surface area contributed by atoms with Crippen LogP contribution < -0.4 is 5.43 Å². The fourth-order valence-electron chi connectivity index (χ4n) is 2.40. The Balaban J connectivity index is 1.58. The van der Waals surface area contributed by atoms with Crippen LogP contribution in [0, 0.1) is 0 Å². The van der Waals surface area contributed by atoms with E-state index in [1.165, 1.54) is 10.4 Å². The summed E-state index contributed by atoms with van der Waals surface area (Å²) in [7, 11) is 0. The lowest BCUT2D eigenvalue weighted by molar-refractivity contribution is 1.19. The Morgan fingerprint density at radius 2 is 2.00 bits per heavy atom. The van der Waals surface area contributed by atoms with Crippen molar-refractivity contribution in [2.24, 2.45) is 5.10 Å². The predicted octanol–water partition coefficient (Wildman–Crippen LogP) is 4.79. The molecule has 0 atom stereocenters. The van der Waals surface area contributed by atoms with Crippen molar-refractivity contribution in [3.63, 3.8) is 0 Å². The van der Waals surface area contributed by atoms with Crippen molar-refractivity contribution in [3.05, 3.63) is 75.6 Å². The minimum absolute atomic E-state index is 0.739. The van der Waals surface area contributed by atoms with Gasteiger partial charge in [-0.2, -0.15) is 5.10 Å². The molecule has 0 spiro atoms. The first kappa shape index (κ1) is 15.0. The first-order valence-electron chi connectivity index (χ1n) is 7.48. The van der Waals surface area contributed by atoms with Gasteiger partial charge in [0.15, 0.2) is 5.82 Å². The zero-order valence-corrected chi connectivity index (χ0v) is 14.3. The van der Waals surface area contributed by atoms with Crippen molar-refractivity contribution < 1.29 is 0 Å². The number of anilines is 1. The van der Waals surface area contributed by atoms with Crippen LogP contribution in [0.1, 0.15) is 15.3 Å². The van der Waals surface area contributed by atoms with Crippen molar-refractivity contribution in [3.8, 4) is 0 Å². The van der Waals surface area contributed by atoms with Crippen LogP contribution in [0.5, 0.6) is 0 Å². The number of aromatic nitrogens is 2. The molecule has 24 heavy (non-hydrogen) atoms. The SMILES string of the molecule is C(=N\Nc1ncnc2sc(Cc3ccccc3)cc12)/c1cccs1. The molecule has 0 unspecified atom stereocenters. The number of hydrogen-bond donors (Lipinski definition) is 1. The van der Waals surface area contributed by atoms with E-state index < -0.39 is 0 Å². The minimum atomic E-state index is 0.739. The molecule has 0 amide bonds. The molecule has 0 fully saturated rings. The number of thiophene rings is 2. The molecule has 4 nitrogen and oxygen atoms in total. The Labute approximate surface area is 147 Å². The first-order valence-corrected chi connectivity index (χ1v) is 9.18. The highest BCUT2D eigenvalue weighted by molar-refractivity contribution is 7.18. The second-order valence-electron chi connectivity index (χ2n) is 5.20. The number of rotatable bonds is 5. The van der Waals surface area contributed by atoms with Crippen LogP contribution >= 0.6 is 22.7 Å². The Morgan fingerprint density at radius 1 is 1.08 bits per heavy atom. The van der Waals surface area contributed by atoms with E-state index in [1.807, 2.05) is 23.6 Å². The largest absolute Gasteiger partial charge is 0.261 e. The van der Waals surface area contributed by atoms with E-state index in [9.17, 15) is 0 Å². The lowest BCUT2D eigenvalue weighted by atomic mass is 10.1. The summed E-state index contributed by atoms with van der Waals surface area (Å²) < 4.78 is 0. The summed E-state index contributed by atoms with van der Waals surface area (Å²) in [6, 6.07) is 16.6. The van der Waals surface area contributed by atoms with E-state index in [1.54, 1.807) is 35.2 Å². The molecule has 0 aliphatic rings. The standard InChI is InChI=1S/C18H14N4S2/c1-2-5-13(6-3-1)9-15-10-16-17(19-12-20-18(16)24-15)22-21-11-14-7-4-8-23-14/h1-8,10-12H,9H2,(H,19,20,22)/b21-11+. The topological polar surface area (TPSA) is 50.2 Å². The van der Waals surface area contributed by atoms with Gasteiger partial charge in [-0.25, -0.2) is 9.97 Å². The second-order valence-corrected chi connectivity index (χ2v) is 7.30. The van der Waals surface area contributed by atoms with E-state index in [4.69, 9.17) is 0 Å². The highest BCUT2D eigenvalue weighted by atomic mass is 32.1. The molecule has 0 aliphatic heterocycles. The van der Waals surface area contributed by atoms with Crippen LogP contribution in [-0.2, 0) is 6.42 Å². The van der Waals surface area contributed by atoms with Gasteiger partial charge in [-0.3, -0.25) is 5.43 Å². The fourth-order valence-corrected chi connectivity index (χ4v) is 4.01. The number of benzene rings is 1. The van der Waals surface area contributed by atoms with Gasteiger partial charge in [-0.05, 0) is 23.1 Å². The van der Waals surface area contributed by atoms with Gasteiger partial charge in [0.05, 0.1) is 11.6 Å². The molecular weight excluding hydrogens is 336 g/mol. The lowest BCUT2D eigenvalue weighted by Gasteiger charge is -1.99. The van der Waals surface area contributed by atoms with E-state index in [2.05, 4.69) is 50.8 Å². The maximum Gasteiger partial charge on any atom is 0.158 e. The van der Waals surface area contributed by atoms with Crippen LogP contribution in [-0.4, -0.2) is 16.2 Å². The molecule has 118 valence electrons. The molecular formula is C18H14N4S2. The van der Waals surface area contributed by atoms with Gasteiger partial charge >= 0.3 is 0 Å². The molecule has 0 saturated heterocycles. The third-order valence-corrected chi connectivity index (χ3v) is 5.36. The maximum atomic E-state index is 4.38. The summed E-state index contributed by atoms with van der Waals surface area (Å²) in [5.41, 5.74) is 4.33. The third kappa shape index (κ3) is 3.34. The highest BCUT2D eigenvalue weighted by Crippen LogP contribution is 2.29. The molecule has 0 radical (unpaired) electrons. The van der Waals surface area contributed by atoms with Crippen molar-refractivity contribution in [1.82, 2.24) is 9.97 Å². The quantitative estimate of drug-likeness (QED) is 0.416. The van der Waals surface area contributed by atoms with Crippen molar-refractivity contribution in [2.45, 2.75) is 6.42 Å². The van der Waals surface area contributed by atoms with Crippen molar-refractivity contribution in [1.29, 1.82) is 0 Å². The van der Waals surface area contributed by atoms with Crippen LogP contribution in [0.2, 0.25) is 0 Å². The van der Waals surface area contributed by atoms with Crippen LogP contribution in [0.3, 0.4) is 0 Å². The third-order valence-electron chi connectivity index (χ3n) is 3.51. The average molecular weight is 350 g/mol. The van der Waals surface area contributed by atoms with Gasteiger partial charge in [0, 0.05) is 16.2 Å². The van der Waals surface area contributed by atoms with Gasteiger partial charge in [0.2, 0.25) is 0 Å². The minimum Gasteiger partial charge on any atom is -0.261 e. The molecule has 1 N–H and O–H groups in total. The molecule has 1 aromatic carbocycles. The summed E-state index contributed by atoms with van der Waals surface area (Å²) in [6.45, 7) is 0. The molecule has 3 heterocycles. The molecule has 4 rings (SSSR count). The van der Waals surface area contributed by atoms with Gasteiger partial charge in [-0.15, -0.1) is 22.7 Å². The fraction of sp³-hybridized carbons (Fsp3) is 0.0556. The smallest absolute Gasteiger partial charge is 0.158 e. The van der Waals surface area contributed by atoms with Gasteiger partial charge < -0.3 is 0 Å². The monoisotopic (exact) mass is 350 g/mol. The van der Waals surface area contributed by atoms with Crippen LogP contribution in [0.15, 0.2) is 65.3 Å². The van der Waals surface area contributed by atoms with E-state index >= 15 is 0 Å². The van der Waals surface area contributed by atoms with Crippen molar-refractivity contribution in [2.75, 3.05) is 5.43 Å². The lowest BCUT2D eigenvalue weighted by Crippen LogP contribution is -1.93. The van der Waals surface area contributed by atoms with Crippen LogP contribution in [0.4, 0.5) is 5.82 Å². The Hall–Kier alpha value is -2.57. The maximum absolute atomic E-state index is 4.38. The Bertz CT molecular complexity index is 959. The number of nitrogens with zero attached hydrogens (tertiary/aromatic N) is 3. The van der Waals surface area contributed by atoms with E-state index in [-0.39, 0.29) is 0 Å². The summed E-state index contributed by atoms with van der Waals surface area (Å²) in [5.74, 6) is 0.739. The molecule has 4 aromatic rings.